The number of carbonyl (C=O) groups excluding carboxylic acids is 1. The molecule has 6 nitrogen and oxygen atoms in total. The van der Waals surface area contributed by atoms with E-state index in [-0.39, 0.29) is 29.1 Å². The van der Waals surface area contributed by atoms with E-state index in [1.807, 2.05) is 30.3 Å². The topological polar surface area (TPSA) is 83.4 Å². The van der Waals surface area contributed by atoms with E-state index in [2.05, 4.69) is 9.97 Å². The lowest BCUT2D eigenvalue weighted by Crippen LogP contribution is -2.30. The van der Waals surface area contributed by atoms with Crippen molar-refractivity contribution >= 4 is 23.5 Å². The van der Waals surface area contributed by atoms with Crippen LogP contribution < -0.4 is 0 Å². The third-order valence-corrected chi connectivity index (χ3v) is 4.30. The van der Waals surface area contributed by atoms with Crippen molar-refractivity contribution in [2.45, 2.75) is 5.92 Å². The van der Waals surface area contributed by atoms with E-state index in [0.717, 1.165) is 5.56 Å². The van der Waals surface area contributed by atoms with Gasteiger partial charge in [0, 0.05) is 25.2 Å². The summed E-state index contributed by atoms with van der Waals surface area (Å²) in [5, 5.41) is 9.64. The van der Waals surface area contributed by atoms with Crippen LogP contribution in [0, 0.1) is 5.92 Å². The average Bonchev–Trinajstić information content (AvgIpc) is 3.01. The van der Waals surface area contributed by atoms with E-state index in [4.69, 9.17) is 11.6 Å². The van der Waals surface area contributed by atoms with Gasteiger partial charge in [-0.1, -0.05) is 41.9 Å². The van der Waals surface area contributed by atoms with Gasteiger partial charge in [-0.2, -0.15) is 0 Å². The summed E-state index contributed by atoms with van der Waals surface area (Å²) in [6, 6.07) is 9.36. The minimum atomic E-state index is -0.914. The van der Waals surface area contributed by atoms with Crippen molar-refractivity contribution in [2.75, 3.05) is 13.1 Å². The van der Waals surface area contributed by atoms with Crippen LogP contribution in [0.2, 0.25) is 5.02 Å². The van der Waals surface area contributed by atoms with E-state index in [9.17, 15) is 14.7 Å². The van der Waals surface area contributed by atoms with Gasteiger partial charge in [0.05, 0.1) is 10.9 Å². The maximum atomic E-state index is 12.6. The summed E-state index contributed by atoms with van der Waals surface area (Å²) in [5.41, 5.74) is 1.00. The zero-order chi connectivity index (χ0) is 16.4. The van der Waals surface area contributed by atoms with Crippen LogP contribution in [0.3, 0.4) is 0 Å². The van der Waals surface area contributed by atoms with Crippen LogP contribution >= 0.6 is 11.6 Å². The molecule has 1 aliphatic heterocycles. The van der Waals surface area contributed by atoms with Gasteiger partial charge in [0.2, 0.25) is 0 Å². The van der Waals surface area contributed by atoms with Crippen LogP contribution in [-0.2, 0) is 4.79 Å². The number of hydrogen-bond donors (Lipinski definition) is 1. The summed E-state index contributed by atoms with van der Waals surface area (Å²) < 4.78 is 0. The second-order valence-corrected chi connectivity index (χ2v) is 5.80. The number of likely N-dealkylation sites (tertiary alicyclic amines) is 1. The zero-order valence-corrected chi connectivity index (χ0v) is 12.8. The number of nitrogens with zero attached hydrogens (tertiary/aromatic N) is 3. The van der Waals surface area contributed by atoms with Gasteiger partial charge in [0.25, 0.3) is 5.91 Å². The molecule has 1 N–H and O–H groups in total. The van der Waals surface area contributed by atoms with Crippen molar-refractivity contribution in [3.05, 3.63) is 59.1 Å². The molecule has 7 heteroatoms. The fourth-order valence-electron chi connectivity index (χ4n) is 2.88. The first-order chi connectivity index (χ1) is 11.1. The lowest BCUT2D eigenvalue weighted by Gasteiger charge is -2.16. The largest absolute Gasteiger partial charge is 0.481 e. The molecule has 0 aliphatic carbocycles. The van der Waals surface area contributed by atoms with Crippen molar-refractivity contribution in [3.8, 4) is 0 Å². The molecule has 3 rings (SSSR count). The molecule has 1 amide bonds. The maximum absolute atomic E-state index is 12.6. The SMILES string of the molecule is O=C(O)[C@@H]1CN(C(=O)c2ncncc2Cl)C[C@H]1c1ccccc1. The highest BCUT2D eigenvalue weighted by Gasteiger charge is 2.41. The standard InChI is InChI=1S/C16H14ClN3O3/c17-13-6-18-9-19-14(13)15(21)20-7-11(12(8-20)16(22)23)10-4-2-1-3-5-10/h1-6,9,11-12H,7-8H2,(H,22,23)/t11-,12+/m0/s1. The number of carboxylic acids is 1. The Kier molecular flexibility index (Phi) is 4.25. The number of aliphatic carboxylic acids is 1. The Morgan fingerprint density at radius 1 is 1.22 bits per heavy atom. The van der Waals surface area contributed by atoms with Gasteiger partial charge in [-0.15, -0.1) is 0 Å². The van der Waals surface area contributed by atoms with Crippen LogP contribution in [0.5, 0.6) is 0 Å². The van der Waals surface area contributed by atoms with Gasteiger partial charge in [0.15, 0.2) is 0 Å². The van der Waals surface area contributed by atoms with Gasteiger partial charge >= 0.3 is 5.97 Å². The molecule has 1 fully saturated rings. The second-order valence-electron chi connectivity index (χ2n) is 5.39. The first kappa shape index (κ1) is 15.4. The summed E-state index contributed by atoms with van der Waals surface area (Å²) in [4.78, 5) is 33.3. The Morgan fingerprint density at radius 3 is 2.61 bits per heavy atom. The molecule has 0 radical (unpaired) electrons. The first-order valence-corrected chi connectivity index (χ1v) is 7.48. The number of aromatic nitrogens is 2. The van der Waals surface area contributed by atoms with Crippen LogP contribution in [0.1, 0.15) is 22.0 Å². The van der Waals surface area contributed by atoms with Crippen molar-refractivity contribution < 1.29 is 14.7 Å². The third-order valence-electron chi connectivity index (χ3n) is 4.02. The van der Waals surface area contributed by atoms with Crippen LogP contribution in [0.15, 0.2) is 42.9 Å². The highest BCUT2D eigenvalue weighted by Crippen LogP contribution is 2.33. The molecule has 0 spiro atoms. The number of carboxylic acid groups (broad SMARTS) is 1. The predicted molar refractivity (Wildman–Crippen MR) is 83.3 cm³/mol. The van der Waals surface area contributed by atoms with Gasteiger partial charge < -0.3 is 10.0 Å². The lowest BCUT2D eigenvalue weighted by atomic mass is 9.89. The molecule has 1 aliphatic rings. The molecule has 1 aromatic carbocycles. The van der Waals surface area contributed by atoms with Gasteiger partial charge in [-0.05, 0) is 5.56 Å². The maximum Gasteiger partial charge on any atom is 0.308 e. The first-order valence-electron chi connectivity index (χ1n) is 7.10. The monoisotopic (exact) mass is 331 g/mol. The minimum absolute atomic E-state index is 0.0968. The van der Waals surface area contributed by atoms with Crippen molar-refractivity contribution in [1.82, 2.24) is 14.9 Å². The average molecular weight is 332 g/mol. The Bertz CT molecular complexity index is 738. The molecular formula is C16H14ClN3O3. The lowest BCUT2D eigenvalue weighted by molar-refractivity contribution is -0.141. The van der Waals surface area contributed by atoms with Crippen molar-refractivity contribution in [2.24, 2.45) is 5.92 Å². The fraction of sp³-hybridized carbons (Fsp3) is 0.250. The summed E-state index contributed by atoms with van der Waals surface area (Å²) >= 11 is 5.96. The molecule has 2 atom stereocenters. The van der Waals surface area contributed by atoms with Crippen LogP contribution in [-0.4, -0.2) is 44.9 Å². The Balaban J connectivity index is 1.87. The molecule has 2 heterocycles. The molecule has 23 heavy (non-hydrogen) atoms. The summed E-state index contributed by atoms with van der Waals surface area (Å²) in [6.45, 7) is 0.453. The summed E-state index contributed by atoms with van der Waals surface area (Å²) in [7, 11) is 0. The molecule has 1 aromatic heterocycles. The van der Waals surface area contributed by atoms with Crippen LogP contribution in [0.4, 0.5) is 0 Å². The number of rotatable bonds is 3. The van der Waals surface area contributed by atoms with Gasteiger partial charge in [-0.3, -0.25) is 9.59 Å². The van der Waals surface area contributed by atoms with Crippen molar-refractivity contribution in [1.29, 1.82) is 0 Å². The van der Waals surface area contributed by atoms with E-state index >= 15 is 0 Å². The Hall–Kier alpha value is -2.47. The predicted octanol–water partition coefficient (Wildman–Crippen LogP) is 2.07. The summed E-state index contributed by atoms with van der Waals surface area (Å²) in [5.74, 6) is -2.19. The Morgan fingerprint density at radius 2 is 1.96 bits per heavy atom. The molecule has 0 saturated carbocycles. The van der Waals surface area contributed by atoms with E-state index in [0.29, 0.717) is 6.54 Å². The number of benzene rings is 1. The number of halogens is 1. The number of amides is 1. The summed E-state index contributed by atoms with van der Waals surface area (Å²) in [6.07, 6.45) is 2.60. The molecule has 2 aromatic rings. The highest BCUT2D eigenvalue weighted by molar-refractivity contribution is 6.33. The molecule has 0 bridgehead atoms. The fourth-order valence-corrected chi connectivity index (χ4v) is 3.06. The van der Waals surface area contributed by atoms with E-state index < -0.39 is 11.9 Å². The molecule has 0 unspecified atom stereocenters. The minimum Gasteiger partial charge on any atom is -0.481 e. The normalized spacial score (nSPS) is 20.5. The van der Waals surface area contributed by atoms with E-state index in [1.165, 1.54) is 17.4 Å². The molecular weight excluding hydrogens is 318 g/mol. The van der Waals surface area contributed by atoms with Gasteiger partial charge in [0.1, 0.15) is 12.0 Å². The van der Waals surface area contributed by atoms with E-state index in [1.54, 1.807) is 0 Å². The molecule has 1 saturated heterocycles. The smallest absolute Gasteiger partial charge is 0.308 e. The highest BCUT2D eigenvalue weighted by atomic mass is 35.5. The number of hydrogen-bond acceptors (Lipinski definition) is 4. The Labute approximate surface area is 137 Å². The molecule has 118 valence electrons. The van der Waals surface area contributed by atoms with Crippen molar-refractivity contribution in [3.63, 3.8) is 0 Å². The second kappa shape index (κ2) is 6.34. The third kappa shape index (κ3) is 3.03. The van der Waals surface area contributed by atoms with Crippen LogP contribution in [0.25, 0.3) is 0 Å². The van der Waals surface area contributed by atoms with Gasteiger partial charge in [-0.25, -0.2) is 9.97 Å². The quantitative estimate of drug-likeness (QED) is 0.930. The zero-order valence-electron chi connectivity index (χ0n) is 12.1. The number of carbonyl (C=O) groups is 2.